The molecule has 1 aliphatic heterocycles. The van der Waals surface area contributed by atoms with Crippen molar-refractivity contribution in [2.75, 3.05) is 13.1 Å². The number of hydrogen-bond acceptors (Lipinski definition) is 3. The highest BCUT2D eigenvalue weighted by molar-refractivity contribution is 14.1. The van der Waals surface area contributed by atoms with Crippen LogP contribution in [0.2, 0.25) is 0 Å². The topological polar surface area (TPSA) is 57.7 Å². The van der Waals surface area contributed by atoms with E-state index in [1.807, 2.05) is 32.9 Å². The van der Waals surface area contributed by atoms with Crippen LogP contribution in [0.4, 0.5) is 4.79 Å². The van der Waals surface area contributed by atoms with Gasteiger partial charge in [-0.3, -0.25) is 0 Å². The second-order valence-electron chi connectivity index (χ2n) is 7.40. The van der Waals surface area contributed by atoms with Crippen molar-refractivity contribution in [3.05, 3.63) is 44.3 Å². The van der Waals surface area contributed by atoms with E-state index in [0.29, 0.717) is 37.9 Å². The summed E-state index contributed by atoms with van der Waals surface area (Å²) in [5.41, 5.74) is 0.606. The zero-order valence-corrected chi connectivity index (χ0v) is 17.0. The molecule has 0 bridgehead atoms. The third-order valence-corrected chi connectivity index (χ3v) is 5.33. The molecular formula is C19H22IN3O2. The molecule has 1 aromatic rings. The fourth-order valence-corrected chi connectivity index (χ4v) is 3.42. The number of carbonyl (C=O) groups is 1. The number of hydrogen-bond donors (Lipinski definition) is 0. The molecule has 0 atom stereocenters. The SMILES string of the molecule is [C-]#[N+]C1(Cc2cc(C#N)ccc2I)CCN(C(=O)OC(C)(C)C)CC1. The molecule has 1 heterocycles. The van der Waals surface area contributed by atoms with E-state index in [-0.39, 0.29) is 6.09 Å². The Morgan fingerprint density at radius 2 is 2.08 bits per heavy atom. The number of amides is 1. The average Bonchev–Trinajstić information content (AvgIpc) is 2.56. The van der Waals surface area contributed by atoms with Crippen LogP contribution >= 0.6 is 22.6 Å². The van der Waals surface area contributed by atoms with Crippen molar-refractivity contribution in [3.8, 4) is 6.07 Å². The van der Waals surface area contributed by atoms with Gasteiger partial charge in [0.05, 0.1) is 18.1 Å². The zero-order valence-electron chi connectivity index (χ0n) is 14.8. The monoisotopic (exact) mass is 451 g/mol. The minimum atomic E-state index is -0.521. The molecule has 0 aromatic heterocycles. The molecule has 5 nitrogen and oxygen atoms in total. The third kappa shape index (κ3) is 5.09. The van der Waals surface area contributed by atoms with Gasteiger partial charge in [-0.1, -0.05) is 0 Å². The van der Waals surface area contributed by atoms with Gasteiger partial charge in [0, 0.05) is 29.5 Å². The van der Waals surface area contributed by atoms with Crippen LogP contribution < -0.4 is 0 Å². The van der Waals surface area contributed by atoms with Gasteiger partial charge in [-0.2, -0.15) is 5.26 Å². The van der Waals surface area contributed by atoms with Crippen molar-refractivity contribution < 1.29 is 9.53 Å². The Morgan fingerprint density at radius 1 is 1.44 bits per heavy atom. The van der Waals surface area contributed by atoms with Crippen LogP contribution in [0.15, 0.2) is 18.2 Å². The van der Waals surface area contributed by atoms with Gasteiger partial charge in [-0.15, -0.1) is 0 Å². The zero-order chi connectivity index (χ0) is 18.7. The van der Waals surface area contributed by atoms with E-state index in [0.717, 1.165) is 9.13 Å². The number of benzene rings is 1. The standard InChI is InChI=1S/C19H22IN3O2/c1-18(2,3)25-17(24)23-9-7-19(22-4,8-10-23)12-15-11-14(13-21)5-6-16(15)20/h5-6,11H,7-10,12H2,1-3H3. The van der Waals surface area contributed by atoms with Crippen molar-refractivity contribution in [3.63, 3.8) is 0 Å². The number of rotatable bonds is 2. The Morgan fingerprint density at radius 3 is 2.60 bits per heavy atom. The summed E-state index contributed by atoms with van der Waals surface area (Å²) in [6.45, 7) is 14.3. The molecule has 6 heteroatoms. The van der Waals surface area contributed by atoms with Gasteiger partial charge in [-0.05, 0) is 67.1 Å². The van der Waals surface area contributed by atoms with E-state index in [4.69, 9.17) is 16.6 Å². The molecule has 2 rings (SSSR count). The fraction of sp³-hybridized carbons (Fsp3) is 0.526. The molecule has 0 unspecified atom stereocenters. The minimum absolute atomic E-state index is 0.313. The summed E-state index contributed by atoms with van der Waals surface area (Å²) >= 11 is 2.25. The highest BCUT2D eigenvalue weighted by atomic mass is 127. The van der Waals surface area contributed by atoms with Crippen molar-refractivity contribution in [1.29, 1.82) is 5.26 Å². The van der Waals surface area contributed by atoms with Crippen LogP contribution in [0, 0.1) is 21.5 Å². The first-order valence-electron chi connectivity index (χ1n) is 8.23. The number of nitrogens with zero attached hydrogens (tertiary/aromatic N) is 3. The van der Waals surface area contributed by atoms with Crippen molar-refractivity contribution in [2.24, 2.45) is 0 Å². The lowest BCUT2D eigenvalue weighted by atomic mass is 9.82. The van der Waals surface area contributed by atoms with Crippen LogP contribution in [0.5, 0.6) is 0 Å². The molecule has 0 radical (unpaired) electrons. The first-order valence-corrected chi connectivity index (χ1v) is 9.31. The molecule has 25 heavy (non-hydrogen) atoms. The molecule has 1 fully saturated rings. The summed E-state index contributed by atoms with van der Waals surface area (Å²) in [6.07, 6.45) is 1.52. The van der Waals surface area contributed by atoms with Crippen LogP contribution in [0.25, 0.3) is 4.85 Å². The Hall–Kier alpha value is -1.80. The molecule has 1 amide bonds. The lowest BCUT2D eigenvalue weighted by Gasteiger charge is -2.35. The molecule has 0 N–H and O–H groups in total. The Balaban J connectivity index is 2.08. The molecule has 1 aromatic carbocycles. The second-order valence-corrected chi connectivity index (χ2v) is 8.56. The lowest BCUT2D eigenvalue weighted by molar-refractivity contribution is 0.0184. The van der Waals surface area contributed by atoms with E-state index in [1.54, 1.807) is 11.0 Å². The smallest absolute Gasteiger partial charge is 0.410 e. The molecular weight excluding hydrogens is 429 g/mol. The number of likely N-dealkylation sites (tertiary alicyclic amines) is 1. The highest BCUT2D eigenvalue weighted by Gasteiger charge is 2.42. The van der Waals surface area contributed by atoms with Crippen molar-refractivity contribution >= 4 is 28.7 Å². The van der Waals surface area contributed by atoms with E-state index >= 15 is 0 Å². The summed E-state index contributed by atoms with van der Waals surface area (Å²) in [5, 5.41) is 9.10. The van der Waals surface area contributed by atoms with Gasteiger partial charge >= 0.3 is 6.09 Å². The maximum Gasteiger partial charge on any atom is 0.410 e. The Labute approximate surface area is 162 Å². The number of carbonyl (C=O) groups excluding carboxylic acids is 1. The maximum absolute atomic E-state index is 12.2. The molecule has 132 valence electrons. The first kappa shape index (κ1) is 19.5. The van der Waals surface area contributed by atoms with Crippen LogP contribution in [0.1, 0.15) is 44.7 Å². The van der Waals surface area contributed by atoms with Gasteiger partial charge in [-0.25, -0.2) is 11.4 Å². The summed E-state index contributed by atoms with van der Waals surface area (Å²) in [5.74, 6) is 0. The van der Waals surface area contributed by atoms with Crippen molar-refractivity contribution in [2.45, 2.75) is 51.2 Å². The quantitative estimate of drug-likeness (QED) is 0.495. The Kier molecular flexibility index (Phi) is 5.95. The summed E-state index contributed by atoms with van der Waals surface area (Å²) in [6, 6.07) is 7.74. The highest BCUT2D eigenvalue weighted by Crippen LogP contribution is 2.32. The van der Waals surface area contributed by atoms with E-state index in [1.165, 1.54) is 0 Å². The van der Waals surface area contributed by atoms with E-state index in [2.05, 4.69) is 33.5 Å². The summed E-state index contributed by atoms with van der Waals surface area (Å²) in [4.78, 5) is 17.8. The number of piperidine rings is 1. The van der Waals surface area contributed by atoms with Crippen LogP contribution in [-0.2, 0) is 11.2 Å². The summed E-state index contributed by atoms with van der Waals surface area (Å²) in [7, 11) is 0. The van der Waals surface area contributed by atoms with Gasteiger partial charge in [0.15, 0.2) is 0 Å². The molecule has 0 aliphatic carbocycles. The predicted molar refractivity (Wildman–Crippen MR) is 104 cm³/mol. The molecule has 1 aliphatic rings. The van der Waals surface area contributed by atoms with Gasteiger partial charge < -0.3 is 14.5 Å². The third-order valence-electron chi connectivity index (χ3n) is 4.28. The summed E-state index contributed by atoms with van der Waals surface area (Å²) < 4.78 is 6.48. The fourth-order valence-electron chi connectivity index (χ4n) is 2.89. The number of nitriles is 1. The lowest BCUT2D eigenvalue weighted by Crippen LogP contribution is -2.47. The number of ether oxygens (including phenoxy) is 1. The van der Waals surface area contributed by atoms with Gasteiger partial charge in [0.2, 0.25) is 5.54 Å². The van der Waals surface area contributed by atoms with E-state index < -0.39 is 11.1 Å². The van der Waals surface area contributed by atoms with Crippen LogP contribution in [-0.4, -0.2) is 35.2 Å². The minimum Gasteiger partial charge on any atom is -0.444 e. The molecule has 0 spiro atoms. The maximum atomic E-state index is 12.2. The number of halogens is 1. The predicted octanol–water partition coefficient (Wildman–Crippen LogP) is 4.39. The van der Waals surface area contributed by atoms with Crippen LogP contribution in [0.3, 0.4) is 0 Å². The van der Waals surface area contributed by atoms with E-state index in [9.17, 15) is 4.79 Å². The van der Waals surface area contributed by atoms with Gasteiger partial charge in [0.1, 0.15) is 5.60 Å². The average molecular weight is 451 g/mol. The van der Waals surface area contributed by atoms with Gasteiger partial charge in [0.25, 0.3) is 0 Å². The second kappa shape index (κ2) is 7.61. The normalized spacial score (nSPS) is 16.6. The molecule has 0 saturated carbocycles. The van der Waals surface area contributed by atoms with Crippen molar-refractivity contribution in [1.82, 2.24) is 4.90 Å². The first-order chi connectivity index (χ1) is 11.7. The Bertz CT molecular complexity index is 733. The largest absolute Gasteiger partial charge is 0.444 e. The molecule has 1 saturated heterocycles.